The fourth-order valence-electron chi connectivity index (χ4n) is 2.29. The Kier molecular flexibility index (Phi) is 3.29. The van der Waals surface area contributed by atoms with Crippen LogP contribution in [0.25, 0.3) is 0 Å². The highest BCUT2D eigenvalue weighted by Gasteiger charge is 2.50. The van der Waals surface area contributed by atoms with Crippen LogP contribution in [0.4, 0.5) is 0 Å². The maximum atomic E-state index is 11.9. The minimum atomic E-state index is -0.858. The minimum Gasteiger partial charge on any atom is -0.462 e. The van der Waals surface area contributed by atoms with Gasteiger partial charge in [-0.1, -0.05) is 36.4 Å². The Morgan fingerprint density at radius 1 is 1.47 bits per heavy atom. The Hall–Kier alpha value is -1.61. The Morgan fingerprint density at radius 2 is 2.18 bits per heavy atom. The first-order valence-electron chi connectivity index (χ1n) is 5.69. The van der Waals surface area contributed by atoms with Gasteiger partial charge in [0.15, 0.2) is 0 Å². The van der Waals surface area contributed by atoms with Crippen molar-refractivity contribution in [3.63, 3.8) is 0 Å². The Labute approximate surface area is 101 Å². The molecule has 90 valence electrons. The summed E-state index contributed by atoms with van der Waals surface area (Å²) >= 11 is 0. The van der Waals surface area contributed by atoms with Gasteiger partial charge in [-0.3, -0.25) is 4.79 Å². The molecule has 0 bridgehead atoms. The van der Waals surface area contributed by atoms with Gasteiger partial charge in [-0.2, -0.15) is 0 Å². The molecule has 0 amide bonds. The summed E-state index contributed by atoms with van der Waals surface area (Å²) in [7, 11) is 0. The first kappa shape index (κ1) is 11.9. The van der Waals surface area contributed by atoms with Gasteiger partial charge in [0.2, 0.25) is 0 Å². The summed E-state index contributed by atoms with van der Waals surface area (Å²) in [6.07, 6.45) is 1.83. The number of aliphatic hydroxyl groups excluding tert-OH is 1. The first-order valence-corrected chi connectivity index (χ1v) is 5.69. The molecule has 0 aliphatic carbocycles. The van der Waals surface area contributed by atoms with Crippen LogP contribution < -0.4 is 0 Å². The van der Waals surface area contributed by atoms with Crippen LogP contribution in [0.5, 0.6) is 0 Å². The van der Waals surface area contributed by atoms with E-state index in [9.17, 15) is 9.90 Å². The first-order chi connectivity index (χ1) is 8.19. The van der Waals surface area contributed by atoms with Gasteiger partial charge < -0.3 is 9.84 Å². The molecule has 1 heterocycles. The molecule has 1 aromatic rings. The lowest BCUT2D eigenvalue weighted by Crippen LogP contribution is -2.38. The molecule has 3 heteroatoms. The highest BCUT2D eigenvalue weighted by molar-refractivity contribution is 5.80. The third-order valence-corrected chi connectivity index (χ3v) is 3.29. The fraction of sp³-hybridized carbons (Fsp3) is 0.357. The molecule has 0 radical (unpaired) electrons. The molecule has 17 heavy (non-hydrogen) atoms. The topological polar surface area (TPSA) is 46.5 Å². The third-order valence-electron chi connectivity index (χ3n) is 3.29. The molecule has 0 saturated carbocycles. The molecule has 1 N–H and O–H groups in total. The van der Waals surface area contributed by atoms with Crippen molar-refractivity contribution in [3.05, 3.63) is 48.6 Å². The molecular formula is C14H16O3. The SMILES string of the molecule is C=CC[C@]1(Cc2ccccc2)C(=O)OC[C@@H]1O. The van der Waals surface area contributed by atoms with E-state index in [0.29, 0.717) is 12.8 Å². The summed E-state index contributed by atoms with van der Waals surface area (Å²) in [6, 6.07) is 9.66. The zero-order valence-electron chi connectivity index (χ0n) is 9.63. The second kappa shape index (κ2) is 4.72. The predicted molar refractivity (Wildman–Crippen MR) is 64.4 cm³/mol. The van der Waals surface area contributed by atoms with Gasteiger partial charge in [-0.25, -0.2) is 0 Å². The number of hydrogen-bond acceptors (Lipinski definition) is 3. The number of carbonyl (C=O) groups excluding carboxylic acids is 1. The number of hydrogen-bond donors (Lipinski definition) is 1. The van der Waals surface area contributed by atoms with Crippen molar-refractivity contribution >= 4 is 5.97 Å². The number of carbonyl (C=O) groups is 1. The van der Waals surface area contributed by atoms with Crippen molar-refractivity contribution in [2.45, 2.75) is 18.9 Å². The van der Waals surface area contributed by atoms with Gasteiger partial charge in [0, 0.05) is 0 Å². The van der Waals surface area contributed by atoms with E-state index in [2.05, 4.69) is 6.58 Å². The van der Waals surface area contributed by atoms with Gasteiger partial charge in [0.25, 0.3) is 0 Å². The van der Waals surface area contributed by atoms with Crippen molar-refractivity contribution in [2.75, 3.05) is 6.61 Å². The van der Waals surface area contributed by atoms with Crippen LogP contribution in [-0.2, 0) is 16.0 Å². The molecule has 1 saturated heterocycles. The average molecular weight is 232 g/mol. The minimum absolute atomic E-state index is 0.0828. The zero-order chi connectivity index (χ0) is 12.3. The standard InChI is InChI=1S/C14H16O3/c1-2-8-14(12(15)10-17-13(14)16)9-11-6-4-3-5-7-11/h2-7,12,15H,1,8-10H2/t12-,14+/m0/s1. The summed E-state index contributed by atoms with van der Waals surface area (Å²) in [5, 5.41) is 10.0. The quantitative estimate of drug-likeness (QED) is 0.635. The van der Waals surface area contributed by atoms with Gasteiger partial charge in [0.1, 0.15) is 18.1 Å². The molecule has 2 rings (SSSR count). The second-order valence-electron chi connectivity index (χ2n) is 4.43. The van der Waals surface area contributed by atoms with Crippen molar-refractivity contribution < 1.29 is 14.6 Å². The molecule has 1 fully saturated rings. The van der Waals surface area contributed by atoms with E-state index in [-0.39, 0.29) is 12.6 Å². The van der Waals surface area contributed by atoms with E-state index in [1.807, 2.05) is 30.3 Å². The van der Waals surface area contributed by atoms with Crippen molar-refractivity contribution in [3.8, 4) is 0 Å². The fourth-order valence-corrected chi connectivity index (χ4v) is 2.29. The van der Waals surface area contributed by atoms with Crippen LogP contribution in [0.15, 0.2) is 43.0 Å². The summed E-state index contributed by atoms with van der Waals surface area (Å²) in [6.45, 7) is 3.74. The van der Waals surface area contributed by atoms with Crippen LogP contribution in [0.2, 0.25) is 0 Å². The normalized spacial score (nSPS) is 27.8. The lowest BCUT2D eigenvalue weighted by molar-refractivity contribution is -0.147. The molecule has 0 unspecified atom stereocenters. The maximum absolute atomic E-state index is 11.9. The number of ether oxygens (including phenoxy) is 1. The van der Waals surface area contributed by atoms with Gasteiger partial charge in [0.05, 0.1) is 0 Å². The van der Waals surface area contributed by atoms with Crippen molar-refractivity contribution in [2.24, 2.45) is 5.41 Å². The number of allylic oxidation sites excluding steroid dienone is 1. The molecule has 2 atom stereocenters. The molecular weight excluding hydrogens is 216 g/mol. The highest BCUT2D eigenvalue weighted by Crippen LogP contribution is 2.37. The number of benzene rings is 1. The van der Waals surface area contributed by atoms with Gasteiger partial charge in [-0.05, 0) is 18.4 Å². The lowest BCUT2D eigenvalue weighted by atomic mass is 9.75. The zero-order valence-corrected chi connectivity index (χ0v) is 9.63. The molecule has 1 aromatic carbocycles. The van der Waals surface area contributed by atoms with E-state index < -0.39 is 11.5 Å². The Bertz CT molecular complexity index is 413. The van der Waals surface area contributed by atoms with Crippen molar-refractivity contribution in [1.82, 2.24) is 0 Å². The summed E-state index contributed by atoms with van der Waals surface area (Å²) in [4.78, 5) is 11.9. The maximum Gasteiger partial charge on any atom is 0.315 e. The van der Waals surface area contributed by atoms with Crippen LogP contribution >= 0.6 is 0 Å². The number of esters is 1. The molecule has 0 spiro atoms. The van der Waals surface area contributed by atoms with E-state index >= 15 is 0 Å². The van der Waals surface area contributed by atoms with E-state index in [1.54, 1.807) is 6.08 Å². The number of cyclic esters (lactones) is 1. The second-order valence-corrected chi connectivity index (χ2v) is 4.43. The smallest absolute Gasteiger partial charge is 0.315 e. The Balaban J connectivity index is 2.29. The molecule has 3 nitrogen and oxygen atoms in total. The molecule has 1 aliphatic heterocycles. The number of rotatable bonds is 4. The van der Waals surface area contributed by atoms with Crippen LogP contribution in [-0.4, -0.2) is 23.8 Å². The molecule has 1 aliphatic rings. The monoisotopic (exact) mass is 232 g/mol. The largest absolute Gasteiger partial charge is 0.462 e. The molecule has 0 aromatic heterocycles. The third kappa shape index (κ3) is 2.11. The number of aliphatic hydroxyl groups is 1. The highest BCUT2D eigenvalue weighted by atomic mass is 16.6. The van der Waals surface area contributed by atoms with Crippen LogP contribution in [0, 0.1) is 5.41 Å². The van der Waals surface area contributed by atoms with E-state index in [4.69, 9.17) is 4.74 Å². The average Bonchev–Trinajstić information content (AvgIpc) is 2.60. The summed E-state index contributed by atoms with van der Waals surface area (Å²) < 4.78 is 4.97. The van der Waals surface area contributed by atoms with Gasteiger partial charge in [-0.15, -0.1) is 6.58 Å². The van der Waals surface area contributed by atoms with Crippen molar-refractivity contribution in [1.29, 1.82) is 0 Å². The Morgan fingerprint density at radius 3 is 2.71 bits per heavy atom. The summed E-state index contributed by atoms with van der Waals surface area (Å²) in [5.74, 6) is -0.325. The van der Waals surface area contributed by atoms with Gasteiger partial charge >= 0.3 is 5.97 Å². The predicted octanol–water partition coefficient (Wildman–Crippen LogP) is 1.71. The van der Waals surface area contributed by atoms with Crippen LogP contribution in [0.1, 0.15) is 12.0 Å². The lowest BCUT2D eigenvalue weighted by Gasteiger charge is -2.26. The van der Waals surface area contributed by atoms with Crippen LogP contribution in [0.3, 0.4) is 0 Å². The van der Waals surface area contributed by atoms with E-state index in [0.717, 1.165) is 5.56 Å². The summed E-state index contributed by atoms with van der Waals surface area (Å²) in [5.41, 5.74) is 0.163. The van der Waals surface area contributed by atoms with E-state index in [1.165, 1.54) is 0 Å².